The summed E-state index contributed by atoms with van der Waals surface area (Å²) in [6.07, 6.45) is 7.14. The van der Waals surface area contributed by atoms with E-state index in [0.29, 0.717) is 13.2 Å². The average Bonchev–Trinajstić information content (AvgIpc) is 3.42. The molecule has 0 spiro atoms. The van der Waals surface area contributed by atoms with Gasteiger partial charge in [0.1, 0.15) is 17.0 Å². The van der Waals surface area contributed by atoms with Gasteiger partial charge >= 0.3 is 0 Å². The van der Waals surface area contributed by atoms with Crippen LogP contribution in [0.1, 0.15) is 6.92 Å². The number of ether oxygens (including phenoxy) is 1. The molecule has 1 aliphatic heterocycles. The van der Waals surface area contributed by atoms with Gasteiger partial charge in [0, 0.05) is 50.2 Å². The molecular weight excluding hydrogens is 410 g/mol. The van der Waals surface area contributed by atoms with Crippen molar-refractivity contribution in [1.82, 2.24) is 29.5 Å². The first-order chi connectivity index (χ1) is 15.1. The Morgan fingerprint density at radius 3 is 2.35 bits per heavy atom. The normalized spacial score (nSPS) is 16.3. The number of hydrogen-bond donors (Lipinski definition) is 1. The summed E-state index contributed by atoms with van der Waals surface area (Å²) in [5, 5.41) is 9.74. The maximum Gasteiger partial charge on any atom is 0.130 e. The van der Waals surface area contributed by atoms with Crippen molar-refractivity contribution in [2.75, 3.05) is 30.9 Å². The van der Waals surface area contributed by atoms with Crippen LogP contribution in [0.3, 0.4) is 0 Å². The maximum atomic E-state index is 5.63. The Morgan fingerprint density at radius 1 is 1.00 bits per heavy atom. The van der Waals surface area contributed by atoms with Crippen LogP contribution in [0, 0.1) is 0 Å². The van der Waals surface area contributed by atoms with Crippen LogP contribution in [0.2, 0.25) is 0 Å². The molecule has 0 amide bonds. The molecule has 5 heterocycles. The number of hydrogen-bond acceptors (Lipinski definition) is 7. The first kappa shape index (κ1) is 21.3. The standard InChI is InChI=1S/C21H23N7O.CH4S/c1-14-13-29-11-10-28(14)19-12-16(17-5-8-23-26(17)2)15-4-7-22-21(20(15)25-19)18-6-9-24-27(18)3;1-2/h4-9,12,14H,10-11,13H2,1-3H3;2H,1H3. The van der Waals surface area contributed by atoms with E-state index < -0.39 is 0 Å². The van der Waals surface area contributed by atoms with Gasteiger partial charge < -0.3 is 9.64 Å². The summed E-state index contributed by atoms with van der Waals surface area (Å²) in [6.45, 7) is 4.38. The smallest absolute Gasteiger partial charge is 0.130 e. The van der Waals surface area contributed by atoms with E-state index in [1.807, 2.05) is 54.1 Å². The Morgan fingerprint density at radius 2 is 1.71 bits per heavy atom. The third-order valence-electron chi connectivity index (χ3n) is 5.54. The van der Waals surface area contributed by atoms with E-state index in [9.17, 15) is 0 Å². The fourth-order valence-corrected chi connectivity index (χ4v) is 4.00. The maximum absolute atomic E-state index is 5.63. The first-order valence-corrected chi connectivity index (χ1v) is 11.1. The molecule has 0 aliphatic carbocycles. The quantitative estimate of drug-likeness (QED) is 0.496. The lowest BCUT2D eigenvalue weighted by molar-refractivity contribution is 0.0986. The lowest BCUT2D eigenvalue weighted by Crippen LogP contribution is -2.44. The Hall–Kier alpha value is -2.91. The minimum Gasteiger partial charge on any atom is -0.377 e. The molecule has 31 heavy (non-hydrogen) atoms. The van der Waals surface area contributed by atoms with E-state index in [-0.39, 0.29) is 6.04 Å². The van der Waals surface area contributed by atoms with Gasteiger partial charge in [-0.3, -0.25) is 14.3 Å². The first-order valence-electron chi connectivity index (χ1n) is 10.2. The summed E-state index contributed by atoms with van der Waals surface area (Å²) in [4.78, 5) is 12.1. The molecule has 0 aromatic carbocycles. The van der Waals surface area contributed by atoms with E-state index in [1.54, 1.807) is 12.5 Å². The molecular formula is C22H27N7OS. The number of anilines is 1. The zero-order valence-electron chi connectivity index (χ0n) is 18.2. The van der Waals surface area contributed by atoms with E-state index in [1.165, 1.54) is 0 Å². The van der Waals surface area contributed by atoms with Crippen molar-refractivity contribution in [1.29, 1.82) is 0 Å². The summed E-state index contributed by atoms with van der Waals surface area (Å²) in [6, 6.07) is 8.44. The van der Waals surface area contributed by atoms with Crippen molar-refractivity contribution in [2.24, 2.45) is 14.1 Å². The molecule has 9 heteroatoms. The van der Waals surface area contributed by atoms with E-state index in [4.69, 9.17) is 9.72 Å². The molecule has 0 bridgehead atoms. The molecule has 1 fully saturated rings. The molecule has 5 rings (SSSR count). The third kappa shape index (κ3) is 3.90. The number of fused-ring (bicyclic) bond motifs is 1. The molecule has 0 saturated carbocycles. The SMILES string of the molecule is CC1COCCN1c1cc(-c2ccnn2C)c2ccnc(-c3ccnn3C)c2n1.CS. The van der Waals surface area contributed by atoms with Crippen LogP contribution in [0.15, 0.2) is 42.9 Å². The summed E-state index contributed by atoms with van der Waals surface area (Å²) >= 11 is 3.53. The number of morpholine rings is 1. The number of nitrogens with zero attached hydrogens (tertiary/aromatic N) is 7. The van der Waals surface area contributed by atoms with Crippen molar-refractivity contribution < 1.29 is 4.74 Å². The summed E-state index contributed by atoms with van der Waals surface area (Å²) < 4.78 is 9.36. The Bertz CT molecular complexity index is 1190. The molecule has 8 nitrogen and oxygen atoms in total. The molecule has 4 aromatic heterocycles. The number of pyridine rings is 2. The molecule has 4 aromatic rings. The highest BCUT2D eigenvalue weighted by molar-refractivity contribution is 7.79. The molecule has 1 atom stereocenters. The lowest BCUT2D eigenvalue weighted by Gasteiger charge is -2.34. The van der Waals surface area contributed by atoms with Crippen LogP contribution < -0.4 is 4.90 Å². The third-order valence-corrected chi connectivity index (χ3v) is 5.54. The van der Waals surface area contributed by atoms with Crippen molar-refractivity contribution in [3.8, 4) is 22.6 Å². The highest BCUT2D eigenvalue weighted by Gasteiger charge is 2.23. The number of thiol groups is 1. The van der Waals surface area contributed by atoms with Crippen LogP contribution in [-0.2, 0) is 18.8 Å². The zero-order valence-corrected chi connectivity index (χ0v) is 19.1. The van der Waals surface area contributed by atoms with Crippen molar-refractivity contribution in [2.45, 2.75) is 13.0 Å². The van der Waals surface area contributed by atoms with Gasteiger partial charge in [-0.2, -0.15) is 22.8 Å². The molecule has 1 unspecified atom stereocenters. The van der Waals surface area contributed by atoms with Crippen molar-refractivity contribution in [3.05, 3.63) is 42.9 Å². The van der Waals surface area contributed by atoms with Gasteiger partial charge in [-0.15, -0.1) is 0 Å². The second kappa shape index (κ2) is 9.07. The van der Waals surface area contributed by atoms with Gasteiger partial charge in [0.15, 0.2) is 0 Å². The topological polar surface area (TPSA) is 73.9 Å². The molecule has 1 saturated heterocycles. The fraction of sp³-hybridized carbons (Fsp3) is 0.364. The monoisotopic (exact) mass is 437 g/mol. The van der Waals surface area contributed by atoms with Gasteiger partial charge in [0.25, 0.3) is 0 Å². The van der Waals surface area contributed by atoms with Crippen LogP contribution in [0.4, 0.5) is 5.82 Å². The van der Waals surface area contributed by atoms with Gasteiger partial charge in [-0.1, -0.05) is 0 Å². The Balaban J connectivity index is 0.00000112. The Labute approximate surface area is 187 Å². The minimum absolute atomic E-state index is 0.255. The van der Waals surface area contributed by atoms with E-state index in [2.05, 4.69) is 45.7 Å². The molecule has 0 radical (unpaired) electrons. The van der Waals surface area contributed by atoms with Gasteiger partial charge in [0.2, 0.25) is 0 Å². The number of rotatable bonds is 3. The largest absolute Gasteiger partial charge is 0.377 e. The molecule has 1 aliphatic rings. The number of aromatic nitrogens is 6. The predicted octanol–water partition coefficient (Wildman–Crippen LogP) is 3.20. The van der Waals surface area contributed by atoms with Gasteiger partial charge in [0.05, 0.1) is 30.6 Å². The summed E-state index contributed by atoms with van der Waals surface area (Å²) in [7, 11) is 3.88. The molecule has 0 N–H and O–H groups in total. The molecule has 162 valence electrons. The highest BCUT2D eigenvalue weighted by Crippen LogP contribution is 2.35. The minimum atomic E-state index is 0.255. The van der Waals surface area contributed by atoms with E-state index in [0.717, 1.165) is 45.9 Å². The van der Waals surface area contributed by atoms with Crippen LogP contribution >= 0.6 is 12.6 Å². The number of aryl methyl sites for hydroxylation is 2. The fourth-order valence-electron chi connectivity index (χ4n) is 4.00. The highest BCUT2D eigenvalue weighted by atomic mass is 32.1. The van der Waals surface area contributed by atoms with Gasteiger partial charge in [-0.25, -0.2) is 4.98 Å². The second-order valence-corrected chi connectivity index (χ2v) is 7.38. The van der Waals surface area contributed by atoms with Crippen molar-refractivity contribution in [3.63, 3.8) is 0 Å². The predicted molar refractivity (Wildman–Crippen MR) is 126 cm³/mol. The van der Waals surface area contributed by atoms with E-state index >= 15 is 0 Å². The van der Waals surface area contributed by atoms with Crippen LogP contribution in [0.5, 0.6) is 0 Å². The van der Waals surface area contributed by atoms with Crippen LogP contribution in [-0.4, -0.2) is 61.6 Å². The zero-order chi connectivity index (χ0) is 22.0. The average molecular weight is 438 g/mol. The second-order valence-electron chi connectivity index (χ2n) is 7.38. The summed E-state index contributed by atoms with van der Waals surface area (Å²) in [5.41, 5.74) is 4.76. The van der Waals surface area contributed by atoms with Crippen molar-refractivity contribution >= 4 is 29.3 Å². The lowest BCUT2D eigenvalue weighted by atomic mass is 10.0. The van der Waals surface area contributed by atoms with Crippen LogP contribution in [0.25, 0.3) is 33.5 Å². The Kier molecular flexibility index (Phi) is 6.24. The summed E-state index contributed by atoms with van der Waals surface area (Å²) in [5.74, 6) is 0.931. The van der Waals surface area contributed by atoms with Gasteiger partial charge in [-0.05, 0) is 37.4 Å².